The number of thioether (sulfide) groups is 1. The minimum Gasteiger partial charge on any atom is -0.508 e. The van der Waals surface area contributed by atoms with Crippen LogP contribution in [0.1, 0.15) is 32.3 Å². The van der Waals surface area contributed by atoms with Crippen LogP contribution in [0, 0.1) is 5.92 Å². The Morgan fingerprint density at radius 2 is 2.05 bits per heavy atom. The van der Waals surface area contributed by atoms with Gasteiger partial charge in [-0.15, -0.1) is 0 Å². The van der Waals surface area contributed by atoms with Crippen LogP contribution in [0.25, 0.3) is 0 Å². The molecule has 2 N–H and O–H groups in total. The lowest BCUT2D eigenvalue weighted by Gasteiger charge is -2.09. The first kappa shape index (κ1) is 16.5. The number of carbonyl (C=O) groups is 2. The molecule has 1 aromatic rings. The Labute approximate surface area is 134 Å². The number of phenolic OH excluding ortho intramolecular Hbond substituents is 1. The first-order chi connectivity index (χ1) is 10.5. The van der Waals surface area contributed by atoms with E-state index in [1.165, 1.54) is 11.8 Å². The normalized spacial score (nSPS) is 17.7. The summed E-state index contributed by atoms with van der Waals surface area (Å²) in [4.78, 5) is 27.8. The smallest absolute Gasteiger partial charge is 0.260 e. The van der Waals surface area contributed by atoms with E-state index >= 15 is 0 Å². The van der Waals surface area contributed by atoms with Crippen molar-refractivity contribution in [3.63, 3.8) is 0 Å². The average Bonchev–Trinajstić information content (AvgIpc) is 2.80. The van der Waals surface area contributed by atoms with Gasteiger partial charge in [0.25, 0.3) is 5.91 Å². The Hall–Kier alpha value is -1.82. The van der Waals surface area contributed by atoms with Crippen LogP contribution in [0.5, 0.6) is 5.75 Å². The number of hydrogen-bond donors (Lipinski definition) is 2. The molecule has 0 spiro atoms. The van der Waals surface area contributed by atoms with E-state index in [9.17, 15) is 14.7 Å². The number of amides is 2. The summed E-state index contributed by atoms with van der Waals surface area (Å²) in [6.45, 7) is 4.83. The van der Waals surface area contributed by atoms with Crippen LogP contribution in [-0.4, -0.2) is 33.8 Å². The molecule has 118 valence electrons. The Morgan fingerprint density at radius 1 is 1.36 bits per heavy atom. The maximum absolute atomic E-state index is 11.9. The van der Waals surface area contributed by atoms with Gasteiger partial charge in [0.2, 0.25) is 5.91 Å². The Morgan fingerprint density at radius 3 is 2.68 bits per heavy atom. The SMILES string of the molecule is CC(C)CCNC(=O)C[C@@H]1SC(c2ccc(O)cc2)=NC1=O. The van der Waals surface area contributed by atoms with E-state index in [0.717, 1.165) is 12.0 Å². The van der Waals surface area contributed by atoms with Crippen molar-refractivity contribution in [1.82, 2.24) is 5.32 Å². The summed E-state index contributed by atoms with van der Waals surface area (Å²) in [7, 11) is 0. The second-order valence-electron chi connectivity index (χ2n) is 5.65. The Balaban J connectivity index is 1.87. The van der Waals surface area contributed by atoms with Crippen molar-refractivity contribution in [2.24, 2.45) is 10.9 Å². The topological polar surface area (TPSA) is 78.8 Å². The van der Waals surface area contributed by atoms with E-state index in [-0.39, 0.29) is 24.0 Å². The maximum Gasteiger partial charge on any atom is 0.260 e. The second kappa shape index (κ2) is 7.45. The fourth-order valence-corrected chi connectivity index (χ4v) is 3.06. The van der Waals surface area contributed by atoms with Gasteiger partial charge >= 0.3 is 0 Å². The van der Waals surface area contributed by atoms with Crippen molar-refractivity contribution >= 4 is 28.6 Å². The molecule has 2 rings (SSSR count). The van der Waals surface area contributed by atoms with Crippen molar-refractivity contribution in [1.29, 1.82) is 0 Å². The van der Waals surface area contributed by atoms with Gasteiger partial charge in [-0.2, -0.15) is 0 Å². The zero-order valence-electron chi connectivity index (χ0n) is 12.7. The molecule has 5 nitrogen and oxygen atoms in total. The van der Waals surface area contributed by atoms with E-state index in [1.54, 1.807) is 24.3 Å². The number of aromatic hydroxyl groups is 1. The number of rotatable bonds is 6. The van der Waals surface area contributed by atoms with E-state index in [4.69, 9.17) is 0 Å². The van der Waals surface area contributed by atoms with E-state index in [0.29, 0.717) is 17.5 Å². The molecule has 1 atom stereocenters. The van der Waals surface area contributed by atoms with Gasteiger partial charge in [-0.1, -0.05) is 25.6 Å². The highest BCUT2D eigenvalue weighted by Gasteiger charge is 2.30. The molecule has 0 aromatic heterocycles. The van der Waals surface area contributed by atoms with Crippen LogP contribution in [0.4, 0.5) is 0 Å². The molecular weight excluding hydrogens is 300 g/mol. The van der Waals surface area contributed by atoms with Crippen LogP contribution in [0.2, 0.25) is 0 Å². The van der Waals surface area contributed by atoms with Crippen LogP contribution < -0.4 is 5.32 Å². The fraction of sp³-hybridized carbons (Fsp3) is 0.438. The predicted molar refractivity (Wildman–Crippen MR) is 88.1 cm³/mol. The first-order valence-electron chi connectivity index (χ1n) is 7.31. The van der Waals surface area contributed by atoms with Gasteiger partial charge in [-0.05, 0) is 36.6 Å². The third kappa shape index (κ3) is 4.59. The number of hydrogen-bond acceptors (Lipinski definition) is 4. The highest BCUT2D eigenvalue weighted by molar-refractivity contribution is 8.16. The summed E-state index contributed by atoms with van der Waals surface area (Å²) in [6, 6.07) is 6.52. The molecule has 1 aliphatic heterocycles. The third-order valence-electron chi connectivity index (χ3n) is 3.27. The number of aliphatic imine (C=N–C) groups is 1. The van der Waals surface area contributed by atoms with Crippen molar-refractivity contribution < 1.29 is 14.7 Å². The standard InChI is InChI=1S/C16H20N2O3S/c1-10(2)7-8-17-14(20)9-13-15(21)18-16(22-13)11-3-5-12(19)6-4-11/h3-6,10,13,19H,7-9H2,1-2H3,(H,17,20)/t13-/m0/s1. The molecule has 0 fully saturated rings. The second-order valence-corrected chi connectivity index (χ2v) is 6.84. The minimum atomic E-state index is -0.456. The highest BCUT2D eigenvalue weighted by atomic mass is 32.2. The summed E-state index contributed by atoms with van der Waals surface area (Å²) >= 11 is 1.30. The number of nitrogens with zero attached hydrogens (tertiary/aromatic N) is 1. The summed E-state index contributed by atoms with van der Waals surface area (Å²) < 4.78 is 0. The van der Waals surface area contributed by atoms with Gasteiger partial charge in [0.1, 0.15) is 16.0 Å². The Kier molecular flexibility index (Phi) is 5.60. The zero-order valence-corrected chi connectivity index (χ0v) is 13.5. The molecule has 1 heterocycles. The van der Waals surface area contributed by atoms with Crippen LogP contribution >= 0.6 is 11.8 Å². The number of carbonyl (C=O) groups excluding carboxylic acids is 2. The fourth-order valence-electron chi connectivity index (χ4n) is 1.99. The number of nitrogens with one attached hydrogen (secondary N) is 1. The lowest BCUT2D eigenvalue weighted by Crippen LogP contribution is -2.29. The molecule has 6 heteroatoms. The van der Waals surface area contributed by atoms with Gasteiger partial charge in [-0.25, -0.2) is 4.99 Å². The summed E-state index contributed by atoms with van der Waals surface area (Å²) in [6.07, 6.45) is 1.07. The molecule has 0 unspecified atom stereocenters. The van der Waals surface area contributed by atoms with E-state index < -0.39 is 5.25 Å². The third-order valence-corrected chi connectivity index (χ3v) is 4.47. The summed E-state index contributed by atoms with van der Waals surface area (Å²) in [5.41, 5.74) is 0.777. The lowest BCUT2D eigenvalue weighted by atomic mass is 10.1. The van der Waals surface area contributed by atoms with Crippen molar-refractivity contribution in [3.8, 4) is 5.75 Å². The van der Waals surface area contributed by atoms with E-state index in [1.807, 2.05) is 0 Å². The largest absolute Gasteiger partial charge is 0.508 e. The molecule has 22 heavy (non-hydrogen) atoms. The highest BCUT2D eigenvalue weighted by Crippen LogP contribution is 2.29. The first-order valence-corrected chi connectivity index (χ1v) is 8.19. The summed E-state index contributed by atoms with van der Waals surface area (Å²) in [5.74, 6) is 0.313. The summed E-state index contributed by atoms with van der Waals surface area (Å²) in [5, 5.41) is 12.3. The molecule has 0 saturated heterocycles. The molecule has 0 radical (unpaired) electrons. The van der Waals surface area contributed by atoms with Gasteiger partial charge in [0.05, 0.1) is 0 Å². The number of benzene rings is 1. The number of phenols is 1. The van der Waals surface area contributed by atoms with Gasteiger partial charge < -0.3 is 10.4 Å². The van der Waals surface area contributed by atoms with Crippen molar-refractivity contribution in [2.75, 3.05) is 6.54 Å². The van der Waals surface area contributed by atoms with Crippen LogP contribution in [-0.2, 0) is 9.59 Å². The molecule has 0 saturated carbocycles. The molecule has 0 bridgehead atoms. The minimum absolute atomic E-state index is 0.117. The van der Waals surface area contributed by atoms with Gasteiger partial charge in [-0.3, -0.25) is 9.59 Å². The predicted octanol–water partition coefficient (Wildman–Crippen LogP) is 2.33. The van der Waals surface area contributed by atoms with Crippen molar-refractivity contribution in [3.05, 3.63) is 29.8 Å². The maximum atomic E-state index is 11.9. The molecule has 2 amide bonds. The molecular formula is C16H20N2O3S. The Bertz CT molecular complexity index is 582. The monoisotopic (exact) mass is 320 g/mol. The van der Waals surface area contributed by atoms with Crippen LogP contribution in [0.3, 0.4) is 0 Å². The van der Waals surface area contributed by atoms with Gasteiger partial charge in [0.15, 0.2) is 0 Å². The zero-order chi connectivity index (χ0) is 16.1. The molecule has 0 aliphatic carbocycles. The molecule has 1 aliphatic rings. The van der Waals surface area contributed by atoms with Crippen LogP contribution in [0.15, 0.2) is 29.3 Å². The van der Waals surface area contributed by atoms with E-state index in [2.05, 4.69) is 24.2 Å². The average molecular weight is 320 g/mol. The lowest BCUT2D eigenvalue weighted by molar-refractivity contribution is -0.124. The van der Waals surface area contributed by atoms with Gasteiger partial charge in [0, 0.05) is 18.5 Å². The molecule has 1 aromatic carbocycles. The quantitative estimate of drug-likeness (QED) is 0.843. The van der Waals surface area contributed by atoms with Crippen molar-refractivity contribution in [2.45, 2.75) is 31.9 Å².